The molecule has 10 heteroatoms. The quantitative estimate of drug-likeness (QED) is 0.0207. The van der Waals surface area contributed by atoms with Gasteiger partial charge >= 0.3 is 7.82 Å². The maximum atomic E-state index is 13.0. The normalized spacial score (nSPS) is 14.4. The highest BCUT2D eigenvalue weighted by Crippen LogP contribution is 2.43. The van der Waals surface area contributed by atoms with E-state index in [1.807, 2.05) is 21.1 Å². The number of aliphatic hydroxyl groups is 2. The smallest absolute Gasteiger partial charge is 0.390 e. The Morgan fingerprint density at radius 3 is 1.19 bits per heavy atom. The molecule has 4 unspecified atom stereocenters. The van der Waals surface area contributed by atoms with E-state index in [9.17, 15) is 24.5 Å². The topological polar surface area (TPSA) is 125 Å². The van der Waals surface area contributed by atoms with Crippen molar-refractivity contribution in [3.05, 3.63) is 12.2 Å². The summed E-state index contributed by atoms with van der Waals surface area (Å²) >= 11 is 0. The number of phosphoric acid groups is 1. The second kappa shape index (κ2) is 48.8. The zero-order valence-corrected chi connectivity index (χ0v) is 46.2. The van der Waals surface area contributed by atoms with Gasteiger partial charge in [0.05, 0.1) is 39.9 Å². The second-order valence-electron chi connectivity index (χ2n) is 21.5. The Morgan fingerprint density at radius 2 is 0.836 bits per heavy atom. The summed E-state index contributed by atoms with van der Waals surface area (Å²) in [7, 11) is 1.43. The molecule has 0 fully saturated rings. The van der Waals surface area contributed by atoms with Gasteiger partial charge in [0.2, 0.25) is 5.91 Å². The number of likely N-dealkylation sites (N-methyl/N-ethyl adjacent to an activating group) is 1. The van der Waals surface area contributed by atoms with Crippen LogP contribution >= 0.6 is 7.82 Å². The van der Waals surface area contributed by atoms with Crippen LogP contribution < -0.4 is 5.32 Å². The number of carbonyl (C=O) groups excluding carboxylic acids is 1. The van der Waals surface area contributed by atoms with Gasteiger partial charge in [-0.3, -0.25) is 13.8 Å². The number of nitrogens with zero attached hydrogens (tertiary/aromatic N) is 1. The number of quaternary nitrogens is 1. The Labute approximate surface area is 416 Å². The van der Waals surface area contributed by atoms with Crippen LogP contribution in [0.5, 0.6) is 0 Å². The van der Waals surface area contributed by atoms with Gasteiger partial charge in [0.1, 0.15) is 19.3 Å². The third-order valence-corrected chi connectivity index (χ3v) is 14.6. The Bertz CT molecular complexity index is 1120. The van der Waals surface area contributed by atoms with E-state index in [2.05, 4.69) is 31.3 Å². The molecule has 0 aromatic carbocycles. The van der Waals surface area contributed by atoms with Crippen LogP contribution in [0.4, 0.5) is 0 Å². The fourth-order valence-corrected chi connectivity index (χ4v) is 9.71. The van der Waals surface area contributed by atoms with Crippen LogP contribution in [0.15, 0.2) is 12.2 Å². The van der Waals surface area contributed by atoms with Crippen LogP contribution in [0.2, 0.25) is 0 Å². The zero-order valence-electron chi connectivity index (χ0n) is 45.3. The van der Waals surface area contributed by atoms with Crippen LogP contribution in [-0.2, 0) is 18.4 Å². The lowest BCUT2D eigenvalue weighted by molar-refractivity contribution is -0.870. The molecule has 4 atom stereocenters. The van der Waals surface area contributed by atoms with Gasteiger partial charge in [-0.25, -0.2) is 4.57 Å². The van der Waals surface area contributed by atoms with Crippen molar-refractivity contribution in [1.29, 1.82) is 0 Å². The summed E-state index contributed by atoms with van der Waals surface area (Å²) in [6.45, 7) is 4.61. The highest BCUT2D eigenvalue weighted by Gasteiger charge is 2.31. The number of allylic oxidation sites excluding steroid dienone is 2. The number of amides is 1. The molecule has 0 heterocycles. The molecule has 0 rings (SSSR count). The predicted octanol–water partition coefficient (Wildman–Crippen LogP) is 16.4. The molecule has 1 amide bonds. The first-order valence-corrected chi connectivity index (χ1v) is 30.6. The number of aliphatic hydroxyl groups excluding tert-OH is 2. The lowest BCUT2D eigenvalue weighted by Crippen LogP contribution is -2.51. The van der Waals surface area contributed by atoms with Gasteiger partial charge in [-0.2, -0.15) is 0 Å². The van der Waals surface area contributed by atoms with Crippen molar-refractivity contribution in [3.63, 3.8) is 0 Å². The highest BCUT2D eigenvalue weighted by atomic mass is 31.2. The average Bonchev–Trinajstić information content (AvgIpc) is 3.29. The summed E-state index contributed by atoms with van der Waals surface area (Å²) in [5, 5.41) is 24.8. The summed E-state index contributed by atoms with van der Waals surface area (Å²) in [4.78, 5) is 23.3. The van der Waals surface area contributed by atoms with Gasteiger partial charge in [0.15, 0.2) is 0 Å². The molecule has 0 aliphatic carbocycles. The van der Waals surface area contributed by atoms with Crippen molar-refractivity contribution in [3.8, 4) is 0 Å². The summed E-state index contributed by atoms with van der Waals surface area (Å²) in [6, 6.07) is -1.05. The lowest BCUT2D eigenvalue weighted by atomic mass is 10.0. The number of carbonyl (C=O) groups is 1. The molecular formula is C57H116N2O7P+. The van der Waals surface area contributed by atoms with Crippen LogP contribution in [-0.4, -0.2) is 84.6 Å². The van der Waals surface area contributed by atoms with Crippen molar-refractivity contribution in [1.82, 2.24) is 5.32 Å². The molecule has 0 saturated carbocycles. The van der Waals surface area contributed by atoms with Gasteiger partial charge in [-0.05, 0) is 38.5 Å². The van der Waals surface area contributed by atoms with Crippen LogP contribution in [0.1, 0.15) is 290 Å². The van der Waals surface area contributed by atoms with Crippen molar-refractivity contribution in [2.75, 3.05) is 40.9 Å². The first-order chi connectivity index (χ1) is 32.4. The summed E-state index contributed by atoms with van der Waals surface area (Å²) in [6.07, 6.45) is 56.1. The third-order valence-electron chi connectivity index (χ3n) is 13.6. The van der Waals surface area contributed by atoms with E-state index in [0.717, 1.165) is 32.1 Å². The molecule has 67 heavy (non-hydrogen) atoms. The van der Waals surface area contributed by atoms with Crippen molar-refractivity contribution < 1.29 is 38.0 Å². The molecule has 0 radical (unpaired) electrons. The molecule has 0 aromatic heterocycles. The standard InChI is InChI=1S/C57H115N2O7P/c1-6-8-10-12-14-16-18-20-21-22-23-24-25-26-27-28-29-30-31-32-33-34-35-36-37-38-40-42-44-46-48-50-56(61)58-54(53-66-67(63,64)65-52-51-59(3,4)5)57(62)55(60)49-47-45-43-41-39-19-17-15-13-11-9-7-2/h41,43,54-55,57,60,62H,6-40,42,44-53H2,1-5H3,(H-,58,61,63,64)/p+1/b43-41+. The van der Waals surface area contributed by atoms with E-state index < -0.39 is 32.7 Å². The molecule has 0 spiro atoms. The number of nitrogens with one attached hydrogen (secondary N) is 1. The lowest BCUT2D eigenvalue weighted by Gasteiger charge is -2.28. The van der Waals surface area contributed by atoms with E-state index in [-0.39, 0.29) is 12.5 Å². The Morgan fingerprint density at radius 1 is 0.507 bits per heavy atom. The minimum Gasteiger partial charge on any atom is -0.390 e. The molecule has 400 valence electrons. The van der Waals surface area contributed by atoms with E-state index in [1.165, 1.54) is 225 Å². The van der Waals surface area contributed by atoms with Gasteiger partial charge in [-0.15, -0.1) is 0 Å². The van der Waals surface area contributed by atoms with E-state index >= 15 is 0 Å². The second-order valence-corrected chi connectivity index (χ2v) is 23.0. The van der Waals surface area contributed by atoms with Gasteiger partial charge in [0, 0.05) is 6.42 Å². The van der Waals surface area contributed by atoms with E-state index in [1.54, 1.807) is 0 Å². The minimum absolute atomic E-state index is 0.0195. The molecule has 0 saturated heterocycles. The monoisotopic (exact) mass is 972 g/mol. The molecular weight excluding hydrogens is 856 g/mol. The number of hydrogen-bond acceptors (Lipinski definition) is 6. The van der Waals surface area contributed by atoms with Crippen molar-refractivity contribution >= 4 is 13.7 Å². The van der Waals surface area contributed by atoms with Gasteiger partial charge in [-0.1, -0.05) is 257 Å². The Kier molecular flexibility index (Phi) is 48.2. The predicted molar refractivity (Wildman–Crippen MR) is 288 cm³/mol. The van der Waals surface area contributed by atoms with Gasteiger partial charge < -0.3 is 24.9 Å². The zero-order chi connectivity index (χ0) is 49.4. The van der Waals surface area contributed by atoms with Gasteiger partial charge in [0.25, 0.3) is 0 Å². The molecule has 0 bridgehead atoms. The summed E-state index contributed by atoms with van der Waals surface area (Å²) in [5.74, 6) is -0.262. The van der Waals surface area contributed by atoms with Crippen LogP contribution in [0, 0.1) is 0 Å². The first-order valence-electron chi connectivity index (χ1n) is 29.1. The first kappa shape index (κ1) is 66.2. The maximum Gasteiger partial charge on any atom is 0.472 e. The van der Waals surface area contributed by atoms with Crippen molar-refractivity contribution in [2.24, 2.45) is 0 Å². The number of hydrogen-bond donors (Lipinski definition) is 4. The molecule has 0 aliphatic rings. The van der Waals surface area contributed by atoms with E-state index in [4.69, 9.17) is 9.05 Å². The van der Waals surface area contributed by atoms with Crippen LogP contribution in [0.25, 0.3) is 0 Å². The fraction of sp³-hybridized carbons (Fsp3) is 0.947. The minimum atomic E-state index is -4.42. The third kappa shape index (κ3) is 50.0. The number of phosphoric ester groups is 1. The highest BCUT2D eigenvalue weighted by molar-refractivity contribution is 7.47. The maximum absolute atomic E-state index is 13.0. The summed E-state index contributed by atoms with van der Waals surface area (Å²) < 4.78 is 23.6. The molecule has 9 nitrogen and oxygen atoms in total. The number of unbranched alkanes of at least 4 members (excludes halogenated alkanes) is 38. The molecule has 0 aromatic rings. The molecule has 4 N–H and O–H groups in total. The SMILES string of the molecule is CCCCCCCCC/C=C/CCCC(O)C(O)C(COP(=O)(O)OCC[N+](C)(C)C)NC(=O)CCCCCCCCCCCCCCCCCCCCCCCCCCCCCCCCC. The number of rotatable bonds is 54. The Hall–Kier alpha value is -0.800. The average molecular weight is 973 g/mol. The van der Waals surface area contributed by atoms with E-state index in [0.29, 0.717) is 30.3 Å². The molecule has 0 aliphatic heterocycles. The Balaban J connectivity index is 4.06. The largest absolute Gasteiger partial charge is 0.472 e. The summed E-state index contributed by atoms with van der Waals surface area (Å²) in [5.41, 5.74) is 0. The fourth-order valence-electron chi connectivity index (χ4n) is 8.97. The van der Waals surface area contributed by atoms with Crippen LogP contribution in [0.3, 0.4) is 0 Å². The van der Waals surface area contributed by atoms with Crippen molar-refractivity contribution in [2.45, 2.75) is 308 Å².